The molecular weight excluding hydrogens is 1730 g/mol. The zero-order chi connectivity index (χ0) is 96.9. The van der Waals surface area contributed by atoms with Crippen molar-refractivity contribution in [3.63, 3.8) is 0 Å². The van der Waals surface area contributed by atoms with E-state index in [9.17, 15) is 62.2 Å². The van der Waals surface area contributed by atoms with Crippen molar-refractivity contribution in [1.82, 2.24) is 0 Å². The Hall–Kier alpha value is -4.83. The fraction of sp³-hybridized carbons (Fsp3) is 0.925. The molecule has 0 aromatic rings. The number of alkyl halides is 3. The third-order valence-corrected chi connectivity index (χ3v) is 36.9. The van der Waals surface area contributed by atoms with Gasteiger partial charge in [-0.1, -0.05) is 73.1 Å². The van der Waals surface area contributed by atoms with E-state index in [0.717, 1.165) is 199 Å². The van der Waals surface area contributed by atoms with Gasteiger partial charge >= 0.3 is 48.0 Å². The molecule has 18 bridgehead atoms. The van der Waals surface area contributed by atoms with Gasteiger partial charge in [-0.05, 0) is 298 Å². The van der Waals surface area contributed by atoms with Crippen LogP contribution in [-0.4, -0.2) is 184 Å². The van der Waals surface area contributed by atoms with Crippen LogP contribution in [0.4, 0.5) is 13.2 Å². The predicted molar refractivity (Wildman–Crippen MR) is 485 cm³/mol. The Morgan fingerprint density at radius 2 is 0.851 bits per heavy atom. The summed E-state index contributed by atoms with van der Waals surface area (Å²) in [5, 5.41) is 30.6. The summed E-state index contributed by atoms with van der Waals surface area (Å²) >= 11 is 0. The van der Waals surface area contributed by atoms with E-state index in [1.54, 1.807) is 0 Å². The summed E-state index contributed by atoms with van der Waals surface area (Å²) < 4.78 is 134. The first-order valence-electron chi connectivity index (χ1n) is 52.4. The zero-order valence-corrected chi connectivity index (χ0v) is 84.0. The largest absolute Gasteiger partial charge is 0.458 e. The third kappa shape index (κ3) is 21.5. The van der Waals surface area contributed by atoms with Crippen LogP contribution in [0.1, 0.15) is 400 Å². The standard InChI is InChI=1S/C32H51F3O6.C24H38O6.C19H30O4.C16H26O4.C15H19NO4/c1-5-28(4,32(33,34)35)27(36)41-31-18-24-16-29(20-31,39-22(2)37-25-12-8-6-9-13-25)19-30(17-24,21-31)40-23(3)38-26-14-10-7-11-15-26;1-4-21(2,3)20(25)30-24-13-17-11-22(15-24,28-18-7-5-9-26-18)14-23(12-17,16-24)29-19-8-6-10-27-19;1-5-18(2,3)17(21)22-11-16(20)23-19(4)14-7-12-6-13(9-14)10-15(19)8-12;1-4-13(2,3)12(17)20-16-7-11-5-14(18,9-16)8-15(19,6-11)10-16;1-4-14(2,3)12(17)19-10-8-5-9-11(10)20-13(18)15(9,6-8)7-16/h22-26H,5-21H2,1-4H3;17-19H,4-16H2,1-3H3;12-15H,5-11H2,1-4H3;11,18-19H,4-10H2,1-3H3;8-11H,4-6H2,1-3H3. The van der Waals surface area contributed by atoms with Crippen LogP contribution >= 0.6 is 0 Å². The van der Waals surface area contributed by atoms with Crippen LogP contribution in [0.2, 0.25) is 0 Å². The lowest BCUT2D eigenvalue weighted by molar-refractivity contribution is -0.343. The molecule has 3 heterocycles. The highest BCUT2D eigenvalue weighted by Crippen LogP contribution is 2.69. The Labute approximate surface area is 794 Å². The second-order valence-electron chi connectivity index (χ2n) is 49.5. The summed E-state index contributed by atoms with van der Waals surface area (Å²) in [6.07, 6.45) is 31.0. The van der Waals surface area contributed by atoms with Gasteiger partial charge in [0.2, 0.25) is 0 Å². The SMILES string of the molecule is CCC(C)(C(=O)OC12CC3CC(OC(C)OC4CCCCC4)(C1)CC(OC(C)OC1CCCCC1)(C3)C2)C(F)(F)F.CCC(C)(C)C(=O)OC12CC3CC(O)(CC(O)(C3)C1)C2.CCC(C)(C)C(=O)OC12CC3CC(OC4CCCO4)(C1)CC(OC1CCCO1)(C3)C2.CCC(C)(C)C(=O)OC1C2CC3C1OC(=O)C3(C#N)C2.CCC(C)(C)C(=O)OCC(=O)OC1(C)C2CC3CC(C2)CC1C3. The molecule has 3 aliphatic heterocycles. The van der Waals surface area contributed by atoms with Crippen LogP contribution < -0.4 is 0 Å². The molecule has 23 rings (SSSR count). The van der Waals surface area contributed by atoms with E-state index in [1.165, 1.54) is 51.9 Å². The van der Waals surface area contributed by atoms with Gasteiger partial charge in [0.1, 0.15) is 34.6 Å². The third-order valence-electron chi connectivity index (χ3n) is 36.9. The maximum absolute atomic E-state index is 14.1. The second-order valence-corrected chi connectivity index (χ2v) is 49.5. The minimum absolute atomic E-state index is 0.0766. The Kier molecular flexibility index (Phi) is 29.7. The van der Waals surface area contributed by atoms with E-state index in [-0.39, 0.29) is 114 Å². The topological polar surface area (TPSA) is 322 Å². The number of carbonyl (C=O) groups excluding carboxylic acids is 7. The molecule has 758 valence electrons. The second kappa shape index (κ2) is 38.5. The van der Waals surface area contributed by atoms with Crippen molar-refractivity contribution >= 4 is 41.8 Å². The minimum Gasteiger partial charge on any atom is -0.458 e. The Bertz CT molecular complexity index is 4120. The van der Waals surface area contributed by atoms with Crippen molar-refractivity contribution in [3.8, 4) is 6.07 Å². The van der Waals surface area contributed by atoms with E-state index in [0.29, 0.717) is 82.0 Å². The summed E-state index contributed by atoms with van der Waals surface area (Å²) in [4.78, 5) is 87.3. The van der Waals surface area contributed by atoms with Crippen molar-refractivity contribution in [3.05, 3.63) is 0 Å². The van der Waals surface area contributed by atoms with Crippen LogP contribution in [-0.2, 0) is 105 Å². The fourth-order valence-electron chi connectivity index (χ4n) is 29.5. The van der Waals surface area contributed by atoms with Crippen molar-refractivity contribution in [1.29, 1.82) is 5.26 Å². The molecule has 0 aromatic heterocycles. The molecule has 20 saturated carbocycles. The van der Waals surface area contributed by atoms with Crippen molar-refractivity contribution in [2.24, 2.45) is 85.8 Å². The van der Waals surface area contributed by atoms with Gasteiger partial charge in [-0.15, -0.1) is 0 Å². The van der Waals surface area contributed by atoms with E-state index in [1.807, 2.05) is 96.9 Å². The number of nitriles is 1. The summed E-state index contributed by atoms with van der Waals surface area (Å²) in [6, 6.07) is 2.15. The highest BCUT2D eigenvalue weighted by molar-refractivity contribution is 5.85. The molecule has 134 heavy (non-hydrogen) atoms. The highest BCUT2D eigenvalue weighted by atomic mass is 19.4. The minimum atomic E-state index is -4.70. The Morgan fingerprint density at radius 3 is 1.27 bits per heavy atom. The van der Waals surface area contributed by atoms with Crippen LogP contribution in [0.15, 0.2) is 0 Å². The van der Waals surface area contributed by atoms with E-state index in [4.69, 9.17) is 71.1 Å². The first kappa shape index (κ1) is 104. The molecule has 20 aliphatic carbocycles. The van der Waals surface area contributed by atoms with Crippen molar-refractivity contribution in [2.75, 3.05) is 19.8 Å². The molecule has 23 fully saturated rings. The lowest BCUT2D eigenvalue weighted by atomic mass is 9.50. The molecule has 16 atom stereocenters. The average molecular weight is 1890 g/mol. The first-order chi connectivity index (χ1) is 62.7. The normalized spacial score (nSPS) is 41.3. The number of nitrogens with zero attached hydrogens (tertiary/aromatic N) is 1. The quantitative estimate of drug-likeness (QED) is 0.0399. The molecular formula is C106H164F3NO24. The van der Waals surface area contributed by atoms with Gasteiger partial charge in [-0.2, -0.15) is 18.4 Å². The number of hydrogen-bond donors (Lipinski definition) is 2. The number of aliphatic hydroxyl groups is 2. The summed E-state index contributed by atoms with van der Waals surface area (Å²) in [7, 11) is 0. The number of rotatable bonds is 29. The molecule has 25 nitrogen and oxygen atoms in total. The Morgan fingerprint density at radius 1 is 0.455 bits per heavy atom. The monoisotopic (exact) mass is 1890 g/mol. The van der Waals surface area contributed by atoms with Crippen molar-refractivity contribution < 1.29 is 128 Å². The number of fused-ring (bicyclic) bond motifs is 1. The van der Waals surface area contributed by atoms with Crippen LogP contribution in [0.5, 0.6) is 0 Å². The molecule has 28 heteroatoms. The molecule has 0 aromatic carbocycles. The first-order valence-corrected chi connectivity index (χ1v) is 52.4. The molecule has 3 saturated heterocycles. The van der Waals surface area contributed by atoms with Gasteiger partial charge < -0.3 is 81.3 Å². The van der Waals surface area contributed by atoms with E-state index in [2.05, 4.69) is 13.0 Å². The van der Waals surface area contributed by atoms with Crippen LogP contribution in [0.25, 0.3) is 0 Å². The average Bonchev–Trinajstić information content (AvgIpc) is 1.48. The molecule has 0 amide bonds. The summed E-state index contributed by atoms with van der Waals surface area (Å²) in [5.74, 6) is 0.595. The van der Waals surface area contributed by atoms with Crippen molar-refractivity contribution in [2.45, 2.75) is 512 Å². The van der Waals surface area contributed by atoms with Crippen LogP contribution in [0, 0.1) is 97.1 Å². The van der Waals surface area contributed by atoms with E-state index < -0.39 is 108 Å². The van der Waals surface area contributed by atoms with Crippen LogP contribution in [0.3, 0.4) is 0 Å². The Balaban J connectivity index is 0.000000132. The summed E-state index contributed by atoms with van der Waals surface area (Å²) in [6.45, 7) is 32.6. The number of esters is 7. The molecule has 23 aliphatic rings. The number of hydrogen-bond acceptors (Lipinski definition) is 25. The number of carbonyl (C=O) groups is 7. The molecule has 2 N–H and O–H groups in total. The van der Waals surface area contributed by atoms with Gasteiger partial charge in [0.05, 0.1) is 73.5 Å². The van der Waals surface area contributed by atoms with Gasteiger partial charge in [0.15, 0.2) is 42.6 Å². The maximum atomic E-state index is 14.1. The van der Waals surface area contributed by atoms with Gasteiger partial charge in [0, 0.05) is 95.7 Å². The zero-order valence-electron chi connectivity index (χ0n) is 84.0. The number of halogens is 3. The lowest BCUT2D eigenvalue weighted by Gasteiger charge is -2.65. The van der Waals surface area contributed by atoms with Gasteiger partial charge in [-0.25, -0.2) is 4.79 Å². The van der Waals surface area contributed by atoms with Gasteiger partial charge in [0.25, 0.3) is 0 Å². The molecule has 0 spiro atoms. The predicted octanol–water partition coefficient (Wildman–Crippen LogP) is 20.3. The smallest absolute Gasteiger partial charge is 0.404 e. The lowest BCUT2D eigenvalue weighted by Crippen LogP contribution is -2.69. The van der Waals surface area contributed by atoms with Gasteiger partial charge in [-0.3, -0.25) is 28.8 Å². The highest BCUT2D eigenvalue weighted by Gasteiger charge is 2.75. The molecule has 16 unspecified atom stereocenters. The summed E-state index contributed by atoms with van der Waals surface area (Å²) in [5.41, 5.74) is -11.9. The number of ether oxygens (including phenoxy) is 15. The van der Waals surface area contributed by atoms with E-state index >= 15 is 0 Å². The maximum Gasteiger partial charge on any atom is 0.404 e. The molecule has 0 radical (unpaired) electrons. The fourth-order valence-corrected chi connectivity index (χ4v) is 29.5.